The highest BCUT2D eigenvalue weighted by Gasteiger charge is 2.27. The molecular formula is C18H21N3O2. The topological polar surface area (TPSA) is 75.4 Å². The lowest BCUT2D eigenvalue weighted by atomic mass is 10.1. The molecule has 2 rings (SSSR count). The number of anilines is 2. The molecule has 5 heteroatoms. The number of benzene rings is 2. The maximum absolute atomic E-state index is 12.5. The lowest BCUT2D eigenvalue weighted by molar-refractivity contribution is -0.122. The van der Waals surface area contributed by atoms with Gasteiger partial charge in [0.15, 0.2) is 0 Å². The lowest BCUT2D eigenvalue weighted by Gasteiger charge is -2.29. The van der Waals surface area contributed by atoms with Gasteiger partial charge < -0.3 is 11.1 Å². The first-order valence-corrected chi connectivity index (χ1v) is 7.48. The van der Waals surface area contributed by atoms with Crippen molar-refractivity contribution in [1.82, 2.24) is 0 Å². The van der Waals surface area contributed by atoms with E-state index in [0.717, 1.165) is 5.56 Å². The number of aryl methyl sites for hydroxylation is 1. The molecule has 0 aliphatic carbocycles. The van der Waals surface area contributed by atoms with Crippen molar-refractivity contribution in [3.8, 4) is 0 Å². The number of nitrogens with zero attached hydrogens (tertiary/aromatic N) is 1. The van der Waals surface area contributed by atoms with Crippen molar-refractivity contribution in [2.24, 2.45) is 5.73 Å². The van der Waals surface area contributed by atoms with Crippen LogP contribution in [-0.2, 0) is 9.59 Å². The third-order valence-corrected chi connectivity index (χ3v) is 3.63. The van der Waals surface area contributed by atoms with Crippen LogP contribution in [0.4, 0.5) is 11.4 Å². The molecule has 2 amide bonds. The Morgan fingerprint density at radius 3 is 2.30 bits per heavy atom. The fourth-order valence-electron chi connectivity index (χ4n) is 2.38. The number of nitrogens with one attached hydrogen (secondary N) is 1. The van der Waals surface area contributed by atoms with Crippen molar-refractivity contribution < 1.29 is 9.59 Å². The fourth-order valence-corrected chi connectivity index (χ4v) is 2.38. The van der Waals surface area contributed by atoms with E-state index in [-0.39, 0.29) is 18.4 Å². The van der Waals surface area contributed by atoms with E-state index in [1.165, 1.54) is 4.90 Å². The average Bonchev–Trinajstić information content (AvgIpc) is 2.57. The van der Waals surface area contributed by atoms with E-state index in [2.05, 4.69) is 5.32 Å². The summed E-state index contributed by atoms with van der Waals surface area (Å²) in [5, 5.41) is 2.82. The van der Waals surface area contributed by atoms with Gasteiger partial charge in [0.2, 0.25) is 11.8 Å². The van der Waals surface area contributed by atoms with Gasteiger partial charge in [0, 0.05) is 11.4 Å². The average molecular weight is 311 g/mol. The van der Waals surface area contributed by atoms with Gasteiger partial charge in [-0.1, -0.05) is 36.4 Å². The van der Waals surface area contributed by atoms with Crippen molar-refractivity contribution in [1.29, 1.82) is 0 Å². The first-order valence-electron chi connectivity index (χ1n) is 7.48. The predicted molar refractivity (Wildman–Crippen MR) is 92.3 cm³/mol. The standard InChI is InChI=1S/C18H21N3O2/c1-13-8-6-7-11-16(13)21(17(22)12-19)14(2)18(23)20-15-9-4-3-5-10-15/h3-11,14H,12,19H2,1-2H3,(H,20,23). The largest absolute Gasteiger partial charge is 0.324 e. The molecule has 2 aromatic carbocycles. The van der Waals surface area contributed by atoms with Crippen LogP contribution in [0.5, 0.6) is 0 Å². The molecule has 0 radical (unpaired) electrons. The Labute approximate surface area is 136 Å². The van der Waals surface area contributed by atoms with Gasteiger partial charge in [-0.3, -0.25) is 14.5 Å². The van der Waals surface area contributed by atoms with E-state index in [1.54, 1.807) is 19.1 Å². The van der Waals surface area contributed by atoms with Gasteiger partial charge >= 0.3 is 0 Å². The molecule has 0 saturated heterocycles. The summed E-state index contributed by atoms with van der Waals surface area (Å²) in [7, 11) is 0. The molecule has 0 fully saturated rings. The van der Waals surface area contributed by atoms with Gasteiger partial charge in [0.05, 0.1) is 6.54 Å². The monoisotopic (exact) mass is 311 g/mol. The molecule has 0 saturated carbocycles. The van der Waals surface area contributed by atoms with Crippen LogP contribution >= 0.6 is 0 Å². The van der Waals surface area contributed by atoms with Crippen molar-refractivity contribution in [2.45, 2.75) is 19.9 Å². The zero-order chi connectivity index (χ0) is 16.8. The maximum atomic E-state index is 12.5. The lowest BCUT2D eigenvalue weighted by Crippen LogP contribution is -2.48. The minimum atomic E-state index is -0.674. The molecule has 120 valence electrons. The molecule has 5 nitrogen and oxygen atoms in total. The normalized spacial score (nSPS) is 11.6. The van der Waals surface area contributed by atoms with Crippen LogP contribution in [0.25, 0.3) is 0 Å². The van der Waals surface area contributed by atoms with E-state index in [9.17, 15) is 9.59 Å². The molecule has 2 aromatic rings. The second kappa shape index (κ2) is 7.56. The Bertz CT molecular complexity index is 686. The zero-order valence-electron chi connectivity index (χ0n) is 13.3. The fraction of sp³-hybridized carbons (Fsp3) is 0.222. The third-order valence-electron chi connectivity index (χ3n) is 3.63. The smallest absolute Gasteiger partial charge is 0.247 e. The third kappa shape index (κ3) is 3.96. The van der Waals surface area contributed by atoms with Crippen molar-refractivity contribution in [3.05, 3.63) is 60.2 Å². The van der Waals surface area contributed by atoms with E-state index < -0.39 is 6.04 Å². The number of nitrogens with two attached hydrogens (primary N) is 1. The minimum absolute atomic E-state index is 0.155. The molecule has 0 aliphatic heterocycles. The SMILES string of the molecule is Cc1ccccc1N(C(=O)CN)C(C)C(=O)Nc1ccccc1. The predicted octanol–water partition coefficient (Wildman–Crippen LogP) is 2.31. The van der Waals surface area contributed by atoms with Gasteiger partial charge in [-0.25, -0.2) is 0 Å². The van der Waals surface area contributed by atoms with Crippen LogP contribution in [0.2, 0.25) is 0 Å². The van der Waals surface area contributed by atoms with Crippen LogP contribution in [0, 0.1) is 6.92 Å². The van der Waals surface area contributed by atoms with E-state index in [1.807, 2.05) is 49.4 Å². The number of amides is 2. The Morgan fingerprint density at radius 2 is 1.70 bits per heavy atom. The summed E-state index contributed by atoms with van der Waals surface area (Å²) in [6.07, 6.45) is 0. The number of carbonyl (C=O) groups excluding carboxylic acids is 2. The van der Waals surface area contributed by atoms with E-state index in [4.69, 9.17) is 5.73 Å². The molecular weight excluding hydrogens is 290 g/mol. The summed E-state index contributed by atoms with van der Waals surface area (Å²) in [4.78, 5) is 26.2. The van der Waals surface area contributed by atoms with Gasteiger partial charge in [-0.15, -0.1) is 0 Å². The second-order valence-electron chi connectivity index (χ2n) is 5.29. The minimum Gasteiger partial charge on any atom is -0.324 e. The van der Waals surface area contributed by atoms with Crippen LogP contribution in [0.15, 0.2) is 54.6 Å². The number of carbonyl (C=O) groups is 2. The Balaban J connectivity index is 2.27. The maximum Gasteiger partial charge on any atom is 0.247 e. The summed E-state index contributed by atoms with van der Waals surface area (Å²) in [6, 6.07) is 15.9. The molecule has 23 heavy (non-hydrogen) atoms. The molecule has 0 spiro atoms. The van der Waals surface area contributed by atoms with E-state index in [0.29, 0.717) is 11.4 Å². The van der Waals surface area contributed by atoms with Gasteiger partial charge in [0.1, 0.15) is 6.04 Å². The number of rotatable bonds is 5. The highest BCUT2D eigenvalue weighted by Crippen LogP contribution is 2.22. The van der Waals surface area contributed by atoms with Gasteiger partial charge in [0.25, 0.3) is 0 Å². The summed E-state index contributed by atoms with van der Waals surface area (Å²) in [6.45, 7) is 3.43. The number of hydrogen-bond donors (Lipinski definition) is 2. The van der Waals surface area contributed by atoms with Crippen LogP contribution < -0.4 is 16.0 Å². The molecule has 1 atom stereocenters. The molecule has 0 aliphatic rings. The van der Waals surface area contributed by atoms with Gasteiger partial charge in [-0.05, 0) is 37.6 Å². The Kier molecular flexibility index (Phi) is 5.49. The van der Waals surface area contributed by atoms with Crippen LogP contribution in [-0.4, -0.2) is 24.4 Å². The van der Waals surface area contributed by atoms with Crippen LogP contribution in [0.3, 0.4) is 0 Å². The zero-order valence-corrected chi connectivity index (χ0v) is 13.3. The molecule has 0 aromatic heterocycles. The highest BCUT2D eigenvalue weighted by molar-refractivity contribution is 6.05. The quantitative estimate of drug-likeness (QED) is 0.889. The van der Waals surface area contributed by atoms with Gasteiger partial charge in [-0.2, -0.15) is 0 Å². The van der Waals surface area contributed by atoms with Crippen molar-refractivity contribution in [2.75, 3.05) is 16.8 Å². The summed E-state index contributed by atoms with van der Waals surface area (Å²) in [5.41, 5.74) is 7.82. The Hall–Kier alpha value is -2.66. The first kappa shape index (κ1) is 16.7. The number of hydrogen-bond acceptors (Lipinski definition) is 3. The molecule has 0 heterocycles. The molecule has 1 unspecified atom stereocenters. The van der Waals surface area contributed by atoms with Crippen molar-refractivity contribution >= 4 is 23.2 Å². The first-order chi connectivity index (χ1) is 11.0. The van der Waals surface area contributed by atoms with Crippen molar-refractivity contribution in [3.63, 3.8) is 0 Å². The molecule has 3 N–H and O–H groups in total. The Morgan fingerprint density at radius 1 is 1.09 bits per heavy atom. The highest BCUT2D eigenvalue weighted by atomic mass is 16.2. The van der Waals surface area contributed by atoms with E-state index >= 15 is 0 Å². The van der Waals surface area contributed by atoms with Crippen LogP contribution in [0.1, 0.15) is 12.5 Å². The number of para-hydroxylation sites is 2. The molecule has 0 bridgehead atoms. The second-order valence-corrected chi connectivity index (χ2v) is 5.29. The summed E-state index contributed by atoms with van der Waals surface area (Å²) in [5.74, 6) is -0.559. The summed E-state index contributed by atoms with van der Waals surface area (Å²) < 4.78 is 0. The summed E-state index contributed by atoms with van der Waals surface area (Å²) >= 11 is 0.